The van der Waals surface area contributed by atoms with E-state index in [1.807, 2.05) is 0 Å². The van der Waals surface area contributed by atoms with E-state index in [0.29, 0.717) is 6.04 Å². The van der Waals surface area contributed by atoms with Crippen LogP contribution in [0.3, 0.4) is 0 Å². The van der Waals surface area contributed by atoms with Crippen LogP contribution < -0.4 is 0 Å². The first-order valence-corrected chi connectivity index (χ1v) is 7.36. The lowest BCUT2D eigenvalue weighted by atomic mass is 9.88. The predicted molar refractivity (Wildman–Crippen MR) is 70.7 cm³/mol. The molecule has 2 aliphatic rings. The fourth-order valence-corrected chi connectivity index (χ4v) is 3.14. The third-order valence-corrected chi connectivity index (χ3v) is 4.24. The molecule has 4 nitrogen and oxygen atoms in total. The van der Waals surface area contributed by atoms with Gasteiger partial charge in [0, 0.05) is 32.2 Å². The summed E-state index contributed by atoms with van der Waals surface area (Å²) >= 11 is 0. The number of aliphatic hydroxyl groups excluding tert-OH is 1. The maximum atomic E-state index is 9.23. The highest BCUT2D eigenvalue weighted by Crippen LogP contribution is 2.34. The van der Waals surface area contributed by atoms with Gasteiger partial charge in [-0.05, 0) is 25.8 Å². The average Bonchev–Trinajstić information content (AvgIpc) is 2.82. The highest BCUT2D eigenvalue weighted by atomic mass is 16.6. The summed E-state index contributed by atoms with van der Waals surface area (Å²) < 4.78 is 11.5. The van der Waals surface area contributed by atoms with Crippen molar-refractivity contribution in [1.82, 2.24) is 4.90 Å². The Balaban J connectivity index is 1.91. The van der Waals surface area contributed by atoms with Gasteiger partial charge in [0.2, 0.25) is 0 Å². The van der Waals surface area contributed by atoms with Crippen LogP contribution in [0.1, 0.15) is 39.0 Å². The molecule has 0 bridgehead atoms. The van der Waals surface area contributed by atoms with Crippen molar-refractivity contribution in [1.29, 1.82) is 0 Å². The molecule has 2 heterocycles. The third kappa shape index (κ3) is 3.44. The van der Waals surface area contributed by atoms with Crippen molar-refractivity contribution in [2.75, 3.05) is 39.5 Å². The van der Waals surface area contributed by atoms with Gasteiger partial charge in [-0.2, -0.15) is 0 Å². The van der Waals surface area contributed by atoms with E-state index in [1.165, 1.54) is 12.8 Å². The minimum atomic E-state index is -0.0250. The molecular formula is C14H27NO3. The molecule has 1 spiro atoms. The molecule has 2 saturated heterocycles. The van der Waals surface area contributed by atoms with Crippen molar-refractivity contribution in [3.8, 4) is 0 Å². The second-order valence-corrected chi connectivity index (χ2v) is 5.59. The number of ether oxygens (including phenoxy) is 2. The quantitative estimate of drug-likeness (QED) is 0.781. The first kappa shape index (κ1) is 14.3. The van der Waals surface area contributed by atoms with Gasteiger partial charge in [0.25, 0.3) is 0 Å². The normalized spacial score (nSPS) is 32.5. The predicted octanol–water partition coefficient (Wildman–Crippen LogP) is 1.42. The molecule has 0 saturated carbocycles. The maximum Gasteiger partial charge on any atom is 0.0951 e. The van der Waals surface area contributed by atoms with Gasteiger partial charge in [0.1, 0.15) is 0 Å². The van der Waals surface area contributed by atoms with Gasteiger partial charge in [-0.15, -0.1) is 0 Å². The van der Waals surface area contributed by atoms with Crippen LogP contribution in [0.4, 0.5) is 0 Å². The number of unbranched alkanes of at least 4 members (excludes halogenated alkanes) is 1. The van der Waals surface area contributed by atoms with E-state index in [1.54, 1.807) is 0 Å². The van der Waals surface area contributed by atoms with Gasteiger partial charge in [0.05, 0.1) is 18.8 Å². The van der Waals surface area contributed by atoms with E-state index >= 15 is 0 Å². The molecule has 0 aromatic carbocycles. The lowest BCUT2D eigenvalue weighted by Gasteiger charge is -2.42. The van der Waals surface area contributed by atoms with E-state index in [0.717, 1.165) is 52.2 Å². The van der Waals surface area contributed by atoms with Crippen molar-refractivity contribution in [3.05, 3.63) is 0 Å². The number of nitrogens with zero attached hydrogens (tertiary/aromatic N) is 1. The van der Waals surface area contributed by atoms with Gasteiger partial charge in [-0.1, -0.05) is 13.3 Å². The Morgan fingerprint density at radius 2 is 2.22 bits per heavy atom. The van der Waals surface area contributed by atoms with Gasteiger partial charge >= 0.3 is 0 Å². The molecule has 2 atom stereocenters. The maximum absolute atomic E-state index is 9.23. The van der Waals surface area contributed by atoms with E-state index in [9.17, 15) is 5.11 Å². The monoisotopic (exact) mass is 257 g/mol. The van der Waals surface area contributed by atoms with E-state index in [-0.39, 0.29) is 12.2 Å². The topological polar surface area (TPSA) is 41.9 Å². The van der Waals surface area contributed by atoms with Crippen LogP contribution in [0, 0.1) is 0 Å². The molecule has 0 radical (unpaired) electrons. The molecule has 0 aliphatic carbocycles. The van der Waals surface area contributed by atoms with E-state index in [2.05, 4.69) is 11.8 Å². The largest absolute Gasteiger partial charge is 0.395 e. The zero-order chi connectivity index (χ0) is 12.8. The Morgan fingerprint density at radius 1 is 1.33 bits per heavy atom. The fraction of sp³-hybridized carbons (Fsp3) is 1.00. The Morgan fingerprint density at radius 3 is 2.89 bits per heavy atom. The Kier molecular flexibility index (Phi) is 5.42. The zero-order valence-electron chi connectivity index (χ0n) is 11.6. The molecule has 2 rings (SSSR count). The summed E-state index contributed by atoms with van der Waals surface area (Å²) in [6.45, 7) is 6.78. The molecule has 2 aliphatic heterocycles. The highest BCUT2D eigenvalue weighted by molar-refractivity contribution is 4.93. The number of rotatable bonds is 6. The van der Waals surface area contributed by atoms with E-state index in [4.69, 9.17) is 9.47 Å². The van der Waals surface area contributed by atoms with E-state index < -0.39 is 0 Å². The van der Waals surface area contributed by atoms with Crippen molar-refractivity contribution < 1.29 is 14.6 Å². The minimum Gasteiger partial charge on any atom is -0.395 e. The van der Waals surface area contributed by atoms with Crippen molar-refractivity contribution >= 4 is 0 Å². The van der Waals surface area contributed by atoms with Crippen LogP contribution in [0.2, 0.25) is 0 Å². The Bertz CT molecular complexity index is 241. The minimum absolute atomic E-state index is 0.0250. The van der Waals surface area contributed by atoms with Crippen molar-refractivity contribution in [2.24, 2.45) is 0 Å². The van der Waals surface area contributed by atoms with Crippen LogP contribution in [0.5, 0.6) is 0 Å². The standard InChI is InChI=1S/C14H27NO3/c1-2-3-6-15(7-8-16)13-4-9-18-14(11-13)5-10-17-12-14/h13,16H,2-12H2,1H3. The third-order valence-electron chi connectivity index (χ3n) is 4.24. The van der Waals surface area contributed by atoms with Crippen LogP contribution >= 0.6 is 0 Å². The lowest BCUT2D eigenvalue weighted by Crippen LogP contribution is -2.50. The van der Waals surface area contributed by atoms with Gasteiger partial charge in [0.15, 0.2) is 0 Å². The first-order chi connectivity index (χ1) is 8.79. The molecular weight excluding hydrogens is 230 g/mol. The van der Waals surface area contributed by atoms with Gasteiger partial charge < -0.3 is 14.6 Å². The smallest absolute Gasteiger partial charge is 0.0951 e. The second-order valence-electron chi connectivity index (χ2n) is 5.59. The van der Waals surface area contributed by atoms with Crippen LogP contribution in [0.15, 0.2) is 0 Å². The highest BCUT2D eigenvalue weighted by Gasteiger charge is 2.42. The second kappa shape index (κ2) is 6.85. The summed E-state index contributed by atoms with van der Waals surface area (Å²) in [6, 6.07) is 0.555. The summed E-state index contributed by atoms with van der Waals surface area (Å²) in [5.41, 5.74) is -0.0250. The number of aliphatic hydroxyl groups is 1. The van der Waals surface area contributed by atoms with Crippen LogP contribution in [-0.2, 0) is 9.47 Å². The number of hydrogen-bond acceptors (Lipinski definition) is 4. The lowest BCUT2D eigenvalue weighted by molar-refractivity contribution is -0.107. The summed E-state index contributed by atoms with van der Waals surface area (Å²) in [7, 11) is 0. The first-order valence-electron chi connectivity index (χ1n) is 7.36. The fourth-order valence-electron chi connectivity index (χ4n) is 3.14. The molecule has 2 unspecified atom stereocenters. The molecule has 18 heavy (non-hydrogen) atoms. The summed E-state index contributed by atoms with van der Waals surface area (Å²) in [5.74, 6) is 0. The van der Waals surface area contributed by atoms with Gasteiger partial charge in [-0.25, -0.2) is 0 Å². The Hall–Kier alpha value is -0.160. The van der Waals surface area contributed by atoms with Crippen molar-refractivity contribution in [2.45, 2.75) is 50.7 Å². The summed E-state index contributed by atoms with van der Waals surface area (Å²) in [5, 5.41) is 9.23. The molecule has 1 N–H and O–H groups in total. The average molecular weight is 257 g/mol. The molecule has 0 aromatic rings. The summed E-state index contributed by atoms with van der Waals surface area (Å²) in [4.78, 5) is 2.45. The molecule has 106 valence electrons. The molecule has 4 heteroatoms. The van der Waals surface area contributed by atoms with Crippen molar-refractivity contribution in [3.63, 3.8) is 0 Å². The van der Waals surface area contributed by atoms with Gasteiger partial charge in [-0.3, -0.25) is 4.90 Å². The number of hydrogen-bond donors (Lipinski definition) is 1. The van der Waals surface area contributed by atoms with Crippen LogP contribution in [0.25, 0.3) is 0 Å². The van der Waals surface area contributed by atoms with Crippen LogP contribution in [-0.4, -0.2) is 61.2 Å². The molecule has 0 amide bonds. The SMILES string of the molecule is CCCCN(CCO)C1CCOC2(CCOC2)C1. The zero-order valence-corrected chi connectivity index (χ0v) is 11.6. The molecule has 2 fully saturated rings. The summed E-state index contributed by atoms with van der Waals surface area (Å²) in [6.07, 6.45) is 5.60. The molecule has 0 aromatic heterocycles. The Labute approximate surface area is 110 Å².